The Labute approximate surface area is 153 Å². The van der Waals surface area contributed by atoms with Crippen LogP contribution in [-0.4, -0.2) is 25.7 Å². The maximum absolute atomic E-state index is 12.2. The van der Waals surface area contributed by atoms with Crippen molar-refractivity contribution in [2.45, 2.75) is 20.8 Å². The number of carbonyl (C=O) groups excluding carboxylic acids is 1. The zero-order valence-corrected chi connectivity index (χ0v) is 15.7. The molecule has 0 saturated heterocycles. The van der Waals surface area contributed by atoms with Gasteiger partial charge >= 0.3 is 0 Å². The van der Waals surface area contributed by atoms with Gasteiger partial charge < -0.3 is 5.32 Å². The summed E-state index contributed by atoms with van der Waals surface area (Å²) in [4.78, 5) is 20.8. The first-order valence-corrected chi connectivity index (χ1v) is 8.46. The van der Waals surface area contributed by atoms with Crippen LogP contribution in [0.25, 0.3) is 5.95 Å². The fourth-order valence-corrected chi connectivity index (χ4v) is 2.79. The normalized spacial score (nSPS) is 10.7. The summed E-state index contributed by atoms with van der Waals surface area (Å²) in [5, 5.41) is 7.23. The molecule has 0 aliphatic carbocycles. The molecule has 0 aliphatic rings. The topological polar surface area (TPSA) is 72.7 Å². The molecule has 2 heterocycles. The standard InChI is InChI=1S/C17H16IN5O/c1-10-11(2)22-23(12(10)3)17-19-8-15(9-20-17)21-16(24)13-5-4-6-14(18)7-13/h4-9H,1-3H3,(H,21,24). The third kappa shape index (κ3) is 3.30. The van der Waals surface area contributed by atoms with E-state index in [0.29, 0.717) is 17.2 Å². The van der Waals surface area contributed by atoms with E-state index in [2.05, 4.69) is 43.0 Å². The Morgan fingerprint density at radius 1 is 1.17 bits per heavy atom. The molecule has 1 aromatic carbocycles. The Morgan fingerprint density at radius 2 is 1.88 bits per heavy atom. The van der Waals surface area contributed by atoms with E-state index in [1.807, 2.05) is 39.0 Å². The van der Waals surface area contributed by atoms with Crippen molar-refractivity contribution >= 4 is 34.2 Å². The minimum atomic E-state index is -0.188. The minimum absolute atomic E-state index is 0.188. The van der Waals surface area contributed by atoms with Gasteiger partial charge in [-0.1, -0.05) is 6.07 Å². The highest BCUT2D eigenvalue weighted by Gasteiger charge is 2.12. The molecule has 3 aromatic rings. The Kier molecular flexibility index (Phi) is 4.61. The lowest BCUT2D eigenvalue weighted by molar-refractivity contribution is 0.102. The third-order valence-electron chi connectivity index (χ3n) is 3.83. The summed E-state index contributed by atoms with van der Waals surface area (Å²) in [6.45, 7) is 5.95. The molecular weight excluding hydrogens is 417 g/mol. The van der Waals surface area contributed by atoms with Crippen molar-refractivity contribution in [3.8, 4) is 5.95 Å². The van der Waals surface area contributed by atoms with Crippen LogP contribution < -0.4 is 5.32 Å². The Bertz CT molecular complexity index is 902. The van der Waals surface area contributed by atoms with E-state index in [1.165, 1.54) is 0 Å². The number of halogens is 1. The first-order valence-electron chi connectivity index (χ1n) is 7.38. The summed E-state index contributed by atoms with van der Waals surface area (Å²) in [5.41, 5.74) is 4.21. The van der Waals surface area contributed by atoms with Gasteiger partial charge in [-0.2, -0.15) is 5.10 Å². The summed E-state index contributed by atoms with van der Waals surface area (Å²) in [7, 11) is 0. The Balaban J connectivity index is 1.80. The van der Waals surface area contributed by atoms with Crippen LogP contribution >= 0.6 is 22.6 Å². The van der Waals surface area contributed by atoms with Crippen molar-refractivity contribution in [1.82, 2.24) is 19.7 Å². The molecule has 0 atom stereocenters. The molecule has 0 saturated carbocycles. The molecule has 24 heavy (non-hydrogen) atoms. The number of hydrogen-bond donors (Lipinski definition) is 1. The highest BCUT2D eigenvalue weighted by atomic mass is 127. The van der Waals surface area contributed by atoms with Crippen LogP contribution in [0.1, 0.15) is 27.3 Å². The number of amides is 1. The van der Waals surface area contributed by atoms with Crippen LogP contribution in [-0.2, 0) is 0 Å². The summed E-state index contributed by atoms with van der Waals surface area (Å²) in [6, 6.07) is 7.38. The summed E-state index contributed by atoms with van der Waals surface area (Å²) in [6.07, 6.45) is 3.17. The van der Waals surface area contributed by atoms with E-state index in [0.717, 1.165) is 20.5 Å². The molecule has 122 valence electrons. The van der Waals surface area contributed by atoms with Gasteiger partial charge in [-0.05, 0) is 67.1 Å². The highest BCUT2D eigenvalue weighted by Crippen LogP contribution is 2.15. The summed E-state index contributed by atoms with van der Waals surface area (Å²) < 4.78 is 2.71. The molecular formula is C17H16IN5O. The minimum Gasteiger partial charge on any atom is -0.319 e. The quantitative estimate of drug-likeness (QED) is 0.643. The number of nitrogens with zero attached hydrogens (tertiary/aromatic N) is 4. The van der Waals surface area contributed by atoms with Crippen molar-refractivity contribution in [2.75, 3.05) is 5.32 Å². The first-order chi connectivity index (χ1) is 11.5. The molecule has 0 fully saturated rings. The average Bonchev–Trinajstić information content (AvgIpc) is 2.83. The second-order valence-corrected chi connectivity index (χ2v) is 6.69. The van der Waals surface area contributed by atoms with Crippen LogP contribution in [0.2, 0.25) is 0 Å². The molecule has 6 nitrogen and oxygen atoms in total. The van der Waals surface area contributed by atoms with E-state index in [-0.39, 0.29) is 5.91 Å². The lowest BCUT2D eigenvalue weighted by atomic mass is 10.2. The molecule has 1 amide bonds. The third-order valence-corrected chi connectivity index (χ3v) is 4.50. The fourth-order valence-electron chi connectivity index (χ4n) is 2.24. The maximum atomic E-state index is 12.2. The molecule has 0 radical (unpaired) electrons. The Morgan fingerprint density at radius 3 is 2.46 bits per heavy atom. The van der Waals surface area contributed by atoms with Gasteiger partial charge in [0.15, 0.2) is 0 Å². The van der Waals surface area contributed by atoms with Crippen molar-refractivity contribution in [2.24, 2.45) is 0 Å². The molecule has 2 aromatic heterocycles. The van der Waals surface area contributed by atoms with E-state index in [1.54, 1.807) is 23.1 Å². The van der Waals surface area contributed by atoms with Crippen LogP contribution in [0.15, 0.2) is 36.7 Å². The van der Waals surface area contributed by atoms with Gasteiger partial charge in [-0.3, -0.25) is 4.79 Å². The zero-order chi connectivity index (χ0) is 17.3. The zero-order valence-electron chi connectivity index (χ0n) is 13.5. The second-order valence-electron chi connectivity index (χ2n) is 5.44. The van der Waals surface area contributed by atoms with Crippen molar-refractivity contribution < 1.29 is 4.79 Å². The van der Waals surface area contributed by atoms with Crippen LogP contribution in [0, 0.1) is 24.3 Å². The number of rotatable bonds is 3. The van der Waals surface area contributed by atoms with Crippen molar-refractivity contribution in [3.63, 3.8) is 0 Å². The average molecular weight is 433 g/mol. The van der Waals surface area contributed by atoms with Gasteiger partial charge in [0, 0.05) is 14.8 Å². The largest absolute Gasteiger partial charge is 0.319 e. The van der Waals surface area contributed by atoms with Gasteiger partial charge in [0.05, 0.1) is 23.8 Å². The van der Waals surface area contributed by atoms with Gasteiger partial charge in [0.25, 0.3) is 11.9 Å². The van der Waals surface area contributed by atoms with Crippen LogP contribution in [0.5, 0.6) is 0 Å². The fraction of sp³-hybridized carbons (Fsp3) is 0.176. The molecule has 7 heteroatoms. The summed E-state index contributed by atoms with van der Waals surface area (Å²) in [5.74, 6) is 0.294. The van der Waals surface area contributed by atoms with E-state index < -0.39 is 0 Å². The van der Waals surface area contributed by atoms with Crippen LogP contribution in [0.4, 0.5) is 5.69 Å². The number of hydrogen-bond acceptors (Lipinski definition) is 4. The number of anilines is 1. The number of aryl methyl sites for hydroxylation is 1. The summed E-state index contributed by atoms with van der Waals surface area (Å²) >= 11 is 2.17. The molecule has 0 unspecified atom stereocenters. The number of nitrogens with one attached hydrogen (secondary N) is 1. The molecule has 1 N–H and O–H groups in total. The molecule has 0 aliphatic heterocycles. The monoisotopic (exact) mass is 433 g/mol. The lowest BCUT2D eigenvalue weighted by Crippen LogP contribution is -2.13. The first kappa shape index (κ1) is 16.6. The number of aromatic nitrogens is 4. The second kappa shape index (κ2) is 6.68. The van der Waals surface area contributed by atoms with Crippen LogP contribution in [0.3, 0.4) is 0 Å². The van der Waals surface area contributed by atoms with E-state index >= 15 is 0 Å². The lowest BCUT2D eigenvalue weighted by Gasteiger charge is -2.06. The molecule has 0 spiro atoms. The van der Waals surface area contributed by atoms with Gasteiger partial charge in [-0.15, -0.1) is 0 Å². The van der Waals surface area contributed by atoms with Crippen molar-refractivity contribution in [1.29, 1.82) is 0 Å². The molecule has 3 rings (SSSR count). The predicted octanol–water partition coefficient (Wildman–Crippen LogP) is 3.44. The smallest absolute Gasteiger partial charge is 0.255 e. The highest BCUT2D eigenvalue weighted by molar-refractivity contribution is 14.1. The van der Waals surface area contributed by atoms with E-state index in [4.69, 9.17) is 0 Å². The predicted molar refractivity (Wildman–Crippen MR) is 100 cm³/mol. The maximum Gasteiger partial charge on any atom is 0.255 e. The molecule has 0 bridgehead atoms. The number of carbonyl (C=O) groups is 1. The van der Waals surface area contributed by atoms with Gasteiger partial charge in [-0.25, -0.2) is 14.6 Å². The van der Waals surface area contributed by atoms with Crippen molar-refractivity contribution in [3.05, 3.63) is 62.7 Å². The Hall–Kier alpha value is -2.29. The van der Waals surface area contributed by atoms with Gasteiger partial charge in [0.2, 0.25) is 0 Å². The van der Waals surface area contributed by atoms with Gasteiger partial charge in [0.1, 0.15) is 0 Å². The van der Waals surface area contributed by atoms with E-state index in [9.17, 15) is 4.79 Å². The number of benzene rings is 1. The SMILES string of the molecule is Cc1nn(-c2ncc(NC(=O)c3cccc(I)c3)cn2)c(C)c1C.